The summed E-state index contributed by atoms with van der Waals surface area (Å²) in [6, 6.07) is 9.91. The van der Waals surface area contributed by atoms with Crippen molar-refractivity contribution in [3.8, 4) is 17.1 Å². The summed E-state index contributed by atoms with van der Waals surface area (Å²) in [5, 5.41) is 6.27. The summed E-state index contributed by atoms with van der Waals surface area (Å²) in [6.45, 7) is 2.66. The van der Waals surface area contributed by atoms with Crippen LogP contribution >= 0.6 is 11.3 Å². The molecule has 23 heavy (non-hydrogen) atoms. The Kier molecular flexibility index (Phi) is 3.85. The molecule has 0 fully saturated rings. The van der Waals surface area contributed by atoms with E-state index in [1.165, 1.54) is 10.4 Å². The third-order valence-electron chi connectivity index (χ3n) is 4.06. The zero-order chi connectivity index (χ0) is 15.6. The van der Waals surface area contributed by atoms with Crippen molar-refractivity contribution in [3.05, 3.63) is 52.0 Å². The van der Waals surface area contributed by atoms with E-state index < -0.39 is 0 Å². The minimum Gasteiger partial charge on any atom is -0.496 e. The van der Waals surface area contributed by atoms with Crippen molar-refractivity contribution in [3.63, 3.8) is 0 Å². The van der Waals surface area contributed by atoms with E-state index in [1.54, 1.807) is 7.11 Å². The van der Waals surface area contributed by atoms with Gasteiger partial charge in [-0.25, -0.2) is 0 Å². The number of benzene rings is 1. The predicted molar refractivity (Wildman–Crippen MR) is 88.4 cm³/mol. The summed E-state index contributed by atoms with van der Waals surface area (Å²) in [5.41, 5.74) is 2.27. The number of para-hydroxylation sites is 1. The van der Waals surface area contributed by atoms with Crippen LogP contribution in [0.25, 0.3) is 11.4 Å². The highest BCUT2D eigenvalue weighted by atomic mass is 32.1. The molecule has 5 nitrogen and oxygen atoms in total. The highest BCUT2D eigenvalue weighted by molar-refractivity contribution is 7.10. The summed E-state index contributed by atoms with van der Waals surface area (Å²) in [6.07, 6.45) is 1.10. The minimum absolute atomic E-state index is 0.575. The third kappa shape index (κ3) is 2.87. The van der Waals surface area contributed by atoms with Crippen LogP contribution in [0.15, 0.2) is 40.2 Å². The smallest absolute Gasteiger partial charge is 0.241 e. The van der Waals surface area contributed by atoms with Crippen molar-refractivity contribution in [2.75, 3.05) is 13.7 Å². The number of fused-ring (bicyclic) bond motifs is 1. The average Bonchev–Trinajstić information content (AvgIpc) is 3.23. The van der Waals surface area contributed by atoms with E-state index in [4.69, 9.17) is 9.26 Å². The fourth-order valence-electron chi connectivity index (χ4n) is 2.89. The third-order valence-corrected chi connectivity index (χ3v) is 5.08. The van der Waals surface area contributed by atoms with E-state index >= 15 is 0 Å². The Morgan fingerprint density at radius 3 is 3.13 bits per heavy atom. The van der Waals surface area contributed by atoms with Crippen molar-refractivity contribution in [1.82, 2.24) is 15.0 Å². The summed E-state index contributed by atoms with van der Waals surface area (Å²) in [7, 11) is 1.64. The number of hydrogen-bond donors (Lipinski definition) is 0. The molecule has 3 heterocycles. The Balaban J connectivity index is 1.51. The van der Waals surface area contributed by atoms with Crippen LogP contribution in [0, 0.1) is 0 Å². The molecule has 0 saturated heterocycles. The normalized spacial score (nSPS) is 14.7. The van der Waals surface area contributed by atoms with Crippen molar-refractivity contribution in [1.29, 1.82) is 0 Å². The topological polar surface area (TPSA) is 51.4 Å². The molecule has 118 valence electrons. The van der Waals surface area contributed by atoms with Gasteiger partial charge in [0, 0.05) is 18.0 Å². The molecule has 0 N–H and O–H groups in total. The molecule has 4 rings (SSSR count). The van der Waals surface area contributed by atoms with Crippen LogP contribution in [0.2, 0.25) is 0 Å². The van der Waals surface area contributed by atoms with Gasteiger partial charge < -0.3 is 9.26 Å². The summed E-state index contributed by atoms with van der Waals surface area (Å²) in [5.74, 6) is 1.97. The van der Waals surface area contributed by atoms with Crippen molar-refractivity contribution >= 4 is 11.3 Å². The highest BCUT2D eigenvalue weighted by Gasteiger charge is 2.20. The first-order chi connectivity index (χ1) is 11.3. The largest absolute Gasteiger partial charge is 0.496 e. The molecule has 6 heteroatoms. The van der Waals surface area contributed by atoms with Crippen molar-refractivity contribution < 1.29 is 9.26 Å². The van der Waals surface area contributed by atoms with Crippen molar-refractivity contribution in [2.45, 2.75) is 19.5 Å². The number of thiophene rings is 1. The lowest BCUT2D eigenvalue weighted by Gasteiger charge is -2.24. The lowest BCUT2D eigenvalue weighted by atomic mass is 10.1. The molecule has 0 unspecified atom stereocenters. The molecule has 0 amide bonds. The number of methoxy groups -OCH3 is 1. The molecule has 0 aliphatic carbocycles. The predicted octanol–water partition coefficient (Wildman–Crippen LogP) is 3.37. The Hall–Kier alpha value is -2.18. The molecule has 0 atom stereocenters. The molecule has 0 spiro atoms. The summed E-state index contributed by atoms with van der Waals surface area (Å²) >= 11 is 1.85. The van der Waals surface area contributed by atoms with E-state index in [0.29, 0.717) is 18.3 Å². The maximum absolute atomic E-state index is 5.44. The first-order valence-corrected chi connectivity index (χ1v) is 8.45. The molecule has 0 bridgehead atoms. The number of nitrogens with zero attached hydrogens (tertiary/aromatic N) is 3. The van der Waals surface area contributed by atoms with Gasteiger partial charge in [0.05, 0.1) is 19.2 Å². The minimum atomic E-state index is 0.575. The first kappa shape index (κ1) is 14.4. The van der Waals surface area contributed by atoms with Gasteiger partial charge in [0.1, 0.15) is 5.75 Å². The molecular formula is C17H17N3O2S. The number of rotatable bonds is 4. The maximum Gasteiger partial charge on any atom is 0.241 e. The second kappa shape index (κ2) is 6.14. The van der Waals surface area contributed by atoms with Gasteiger partial charge in [-0.1, -0.05) is 17.3 Å². The van der Waals surface area contributed by atoms with Gasteiger partial charge in [0.15, 0.2) is 0 Å². The highest BCUT2D eigenvalue weighted by Crippen LogP contribution is 2.28. The van der Waals surface area contributed by atoms with Gasteiger partial charge >= 0.3 is 0 Å². The van der Waals surface area contributed by atoms with Crippen LogP contribution in [0.3, 0.4) is 0 Å². The van der Waals surface area contributed by atoms with E-state index in [2.05, 4.69) is 26.5 Å². The van der Waals surface area contributed by atoms with Crippen molar-refractivity contribution in [2.24, 2.45) is 0 Å². The van der Waals surface area contributed by atoms with Gasteiger partial charge in [-0.05, 0) is 35.6 Å². The maximum atomic E-state index is 5.44. The lowest BCUT2D eigenvalue weighted by molar-refractivity contribution is 0.212. The van der Waals surface area contributed by atoms with E-state index in [1.807, 2.05) is 35.6 Å². The monoisotopic (exact) mass is 327 g/mol. The number of ether oxygens (including phenoxy) is 1. The molecule has 0 radical (unpaired) electrons. The number of aromatic nitrogens is 2. The second-order valence-corrected chi connectivity index (χ2v) is 6.54. The Bertz CT molecular complexity index is 812. The second-order valence-electron chi connectivity index (χ2n) is 5.54. The van der Waals surface area contributed by atoms with Crippen LogP contribution in [0.4, 0.5) is 0 Å². The van der Waals surface area contributed by atoms with Crippen LogP contribution in [0.5, 0.6) is 5.75 Å². The molecule has 3 aromatic rings. The Morgan fingerprint density at radius 2 is 2.22 bits per heavy atom. The fraction of sp³-hybridized carbons (Fsp3) is 0.294. The molecule has 1 aliphatic rings. The summed E-state index contributed by atoms with van der Waals surface area (Å²) in [4.78, 5) is 8.37. The van der Waals surface area contributed by atoms with E-state index in [-0.39, 0.29) is 0 Å². The Labute approximate surface area is 138 Å². The first-order valence-electron chi connectivity index (χ1n) is 7.57. The van der Waals surface area contributed by atoms with Gasteiger partial charge in [0.2, 0.25) is 11.7 Å². The zero-order valence-corrected chi connectivity index (χ0v) is 13.7. The van der Waals surface area contributed by atoms with Crippen LogP contribution in [0.1, 0.15) is 16.3 Å². The standard InChI is InChI=1S/C17H17N3O2S/c1-21-14-5-3-2-4-13(14)17-18-16(22-19-17)11-20-8-6-15-12(10-20)7-9-23-15/h2-5,7,9H,6,8,10-11H2,1H3. The molecule has 0 saturated carbocycles. The Morgan fingerprint density at radius 1 is 1.30 bits per heavy atom. The van der Waals surface area contributed by atoms with Crippen LogP contribution in [-0.4, -0.2) is 28.7 Å². The average molecular weight is 327 g/mol. The van der Waals surface area contributed by atoms with Gasteiger partial charge in [-0.3, -0.25) is 4.90 Å². The van der Waals surface area contributed by atoms with Gasteiger partial charge in [-0.2, -0.15) is 4.98 Å². The fourth-order valence-corrected chi connectivity index (χ4v) is 3.78. The zero-order valence-electron chi connectivity index (χ0n) is 12.9. The van der Waals surface area contributed by atoms with Crippen LogP contribution in [-0.2, 0) is 19.5 Å². The molecule has 1 aromatic carbocycles. The molecule has 2 aromatic heterocycles. The lowest BCUT2D eigenvalue weighted by Crippen LogP contribution is -2.29. The molecular weight excluding hydrogens is 310 g/mol. The SMILES string of the molecule is COc1ccccc1-c1noc(CN2CCc3sccc3C2)n1. The van der Waals surface area contributed by atoms with Crippen LogP contribution < -0.4 is 4.74 Å². The summed E-state index contributed by atoms with van der Waals surface area (Å²) < 4.78 is 10.8. The quantitative estimate of drug-likeness (QED) is 0.735. The van der Waals surface area contributed by atoms with E-state index in [0.717, 1.165) is 30.8 Å². The number of hydrogen-bond acceptors (Lipinski definition) is 6. The van der Waals surface area contributed by atoms with Gasteiger partial charge in [0.25, 0.3) is 0 Å². The van der Waals surface area contributed by atoms with E-state index in [9.17, 15) is 0 Å². The van der Waals surface area contributed by atoms with Gasteiger partial charge in [-0.15, -0.1) is 11.3 Å². The molecule has 1 aliphatic heterocycles.